The second-order valence-electron chi connectivity index (χ2n) is 3.46. The van der Waals surface area contributed by atoms with E-state index in [9.17, 15) is 4.79 Å². The predicted molar refractivity (Wildman–Crippen MR) is 62.5 cm³/mol. The Balaban J connectivity index is 2.44. The van der Waals surface area contributed by atoms with E-state index in [2.05, 4.69) is 21.2 Å². The van der Waals surface area contributed by atoms with Crippen molar-refractivity contribution in [3.63, 3.8) is 0 Å². The number of amides is 1. The van der Waals surface area contributed by atoms with Crippen molar-refractivity contribution < 1.29 is 9.90 Å². The highest BCUT2D eigenvalue weighted by atomic mass is 79.9. The molecular weight excluding hydrogens is 258 g/mol. The molecule has 1 rings (SSSR count). The van der Waals surface area contributed by atoms with E-state index in [1.807, 2.05) is 24.3 Å². The first-order valence-electron chi connectivity index (χ1n) is 4.77. The predicted octanol–water partition coefficient (Wildman–Crippen LogP) is 1.49. The van der Waals surface area contributed by atoms with Gasteiger partial charge in [0.1, 0.15) is 0 Å². The largest absolute Gasteiger partial charge is 0.392 e. The van der Waals surface area contributed by atoms with Gasteiger partial charge in [0.05, 0.1) is 12.5 Å². The molecule has 0 heterocycles. The molecule has 3 nitrogen and oxygen atoms in total. The number of hydrogen-bond acceptors (Lipinski definition) is 2. The number of halogens is 1. The maximum absolute atomic E-state index is 11.4. The molecule has 15 heavy (non-hydrogen) atoms. The van der Waals surface area contributed by atoms with Crippen LogP contribution >= 0.6 is 15.9 Å². The summed E-state index contributed by atoms with van der Waals surface area (Å²) < 4.78 is 0.961. The second-order valence-corrected chi connectivity index (χ2v) is 4.38. The van der Waals surface area contributed by atoms with Crippen LogP contribution in [0.3, 0.4) is 0 Å². The quantitative estimate of drug-likeness (QED) is 0.872. The molecule has 1 aromatic rings. The van der Waals surface area contributed by atoms with Gasteiger partial charge in [-0.2, -0.15) is 0 Å². The van der Waals surface area contributed by atoms with Crippen molar-refractivity contribution in [3.05, 3.63) is 34.3 Å². The molecule has 0 aromatic heterocycles. The third kappa shape index (κ3) is 4.95. The smallest absolute Gasteiger partial charge is 0.224 e. The fourth-order valence-corrected chi connectivity index (χ4v) is 1.60. The summed E-state index contributed by atoms with van der Waals surface area (Å²) in [5.41, 5.74) is 0.951. The van der Waals surface area contributed by atoms with E-state index in [0.717, 1.165) is 10.0 Å². The van der Waals surface area contributed by atoms with Gasteiger partial charge in [-0.05, 0) is 24.6 Å². The average molecular weight is 272 g/mol. The van der Waals surface area contributed by atoms with Crippen LogP contribution in [-0.4, -0.2) is 23.7 Å². The number of nitrogens with one attached hydrogen (secondary N) is 1. The van der Waals surface area contributed by atoms with Gasteiger partial charge in [0.15, 0.2) is 0 Å². The zero-order valence-electron chi connectivity index (χ0n) is 8.53. The van der Waals surface area contributed by atoms with Crippen molar-refractivity contribution >= 4 is 21.8 Å². The van der Waals surface area contributed by atoms with Gasteiger partial charge < -0.3 is 10.4 Å². The summed E-state index contributed by atoms with van der Waals surface area (Å²) in [6.07, 6.45) is -0.164. The van der Waals surface area contributed by atoms with Crippen LogP contribution in [-0.2, 0) is 11.2 Å². The molecule has 0 spiro atoms. The Bertz CT molecular complexity index is 339. The lowest BCUT2D eigenvalue weighted by Crippen LogP contribution is -2.31. The van der Waals surface area contributed by atoms with Gasteiger partial charge >= 0.3 is 0 Å². The second kappa shape index (κ2) is 5.88. The Labute approximate surface area is 97.6 Å². The van der Waals surface area contributed by atoms with E-state index in [1.165, 1.54) is 0 Å². The number of carbonyl (C=O) groups is 1. The molecule has 1 amide bonds. The molecule has 1 atom stereocenters. The van der Waals surface area contributed by atoms with E-state index in [1.54, 1.807) is 6.92 Å². The molecule has 1 aromatic carbocycles. The summed E-state index contributed by atoms with van der Waals surface area (Å²) in [6.45, 7) is 1.94. The van der Waals surface area contributed by atoms with Crippen LogP contribution < -0.4 is 5.32 Å². The van der Waals surface area contributed by atoms with Crippen LogP contribution in [0, 0.1) is 0 Å². The first kappa shape index (κ1) is 12.2. The molecule has 2 N–H and O–H groups in total. The molecule has 0 saturated carbocycles. The van der Waals surface area contributed by atoms with Crippen LogP contribution in [0.15, 0.2) is 28.7 Å². The first-order valence-corrected chi connectivity index (χ1v) is 5.56. The summed E-state index contributed by atoms with van der Waals surface area (Å²) >= 11 is 3.34. The Morgan fingerprint density at radius 3 is 2.93 bits per heavy atom. The molecule has 0 fully saturated rings. The van der Waals surface area contributed by atoms with Crippen molar-refractivity contribution in [1.82, 2.24) is 5.32 Å². The van der Waals surface area contributed by atoms with Crippen LogP contribution in [0.1, 0.15) is 12.5 Å². The zero-order valence-corrected chi connectivity index (χ0v) is 10.1. The van der Waals surface area contributed by atoms with E-state index < -0.39 is 6.10 Å². The Hall–Kier alpha value is -0.870. The average Bonchev–Trinajstić information content (AvgIpc) is 2.15. The van der Waals surface area contributed by atoms with Crippen LogP contribution in [0.2, 0.25) is 0 Å². The summed E-state index contributed by atoms with van der Waals surface area (Å²) in [7, 11) is 0. The topological polar surface area (TPSA) is 49.3 Å². The summed E-state index contributed by atoms with van der Waals surface area (Å²) in [4.78, 5) is 11.4. The molecule has 0 radical (unpaired) electrons. The van der Waals surface area contributed by atoms with Gasteiger partial charge in [-0.15, -0.1) is 0 Å². The van der Waals surface area contributed by atoms with Crippen LogP contribution in [0.4, 0.5) is 0 Å². The highest BCUT2D eigenvalue weighted by molar-refractivity contribution is 9.10. The fourth-order valence-electron chi connectivity index (χ4n) is 1.16. The molecule has 82 valence electrons. The number of rotatable bonds is 4. The van der Waals surface area contributed by atoms with Crippen molar-refractivity contribution in [2.75, 3.05) is 6.54 Å². The zero-order chi connectivity index (χ0) is 11.3. The van der Waals surface area contributed by atoms with Gasteiger partial charge in [-0.1, -0.05) is 28.1 Å². The van der Waals surface area contributed by atoms with Gasteiger partial charge in [0.2, 0.25) is 5.91 Å². The molecular formula is C11H14BrNO2. The molecule has 1 unspecified atom stereocenters. The van der Waals surface area contributed by atoms with E-state index in [-0.39, 0.29) is 5.91 Å². The molecule has 0 aliphatic heterocycles. The highest BCUT2D eigenvalue weighted by Crippen LogP contribution is 2.11. The highest BCUT2D eigenvalue weighted by Gasteiger charge is 2.04. The summed E-state index contributed by atoms with van der Waals surface area (Å²) in [6, 6.07) is 7.60. The number of aliphatic hydroxyl groups excluding tert-OH is 1. The van der Waals surface area contributed by atoms with E-state index >= 15 is 0 Å². The molecule has 0 bridgehead atoms. The maximum Gasteiger partial charge on any atom is 0.224 e. The minimum Gasteiger partial charge on any atom is -0.392 e. The molecule has 0 aliphatic carbocycles. The van der Waals surface area contributed by atoms with Crippen LogP contribution in [0.5, 0.6) is 0 Å². The number of carbonyl (C=O) groups excluding carboxylic acids is 1. The normalized spacial score (nSPS) is 12.2. The fraction of sp³-hybridized carbons (Fsp3) is 0.364. The van der Waals surface area contributed by atoms with Crippen molar-refractivity contribution in [1.29, 1.82) is 0 Å². The van der Waals surface area contributed by atoms with Crippen molar-refractivity contribution in [2.45, 2.75) is 19.4 Å². The minimum atomic E-state index is -0.503. The number of hydrogen-bond donors (Lipinski definition) is 2. The minimum absolute atomic E-state index is 0.0750. The van der Waals surface area contributed by atoms with Crippen molar-refractivity contribution in [2.24, 2.45) is 0 Å². The molecule has 4 heteroatoms. The molecule has 0 aliphatic rings. The lowest BCUT2D eigenvalue weighted by Gasteiger charge is -2.07. The van der Waals surface area contributed by atoms with Crippen molar-refractivity contribution in [3.8, 4) is 0 Å². The number of benzene rings is 1. The Morgan fingerprint density at radius 1 is 1.60 bits per heavy atom. The van der Waals surface area contributed by atoms with E-state index in [4.69, 9.17) is 5.11 Å². The summed E-state index contributed by atoms with van der Waals surface area (Å²) in [5.74, 6) is -0.0750. The third-order valence-corrected chi connectivity index (χ3v) is 2.34. The standard InChI is InChI=1S/C11H14BrNO2/c1-8(14)7-13-11(15)6-9-3-2-4-10(12)5-9/h2-5,8,14H,6-7H2,1H3,(H,13,15). The van der Waals surface area contributed by atoms with Gasteiger partial charge in [0.25, 0.3) is 0 Å². The first-order chi connectivity index (χ1) is 7.08. The number of aliphatic hydroxyl groups is 1. The Morgan fingerprint density at radius 2 is 2.33 bits per heavy atom. The van der Waals surface area contributed by atoms with Gasteiger partial charge in [-0.3, -0.25) is 4.79 Å². The van der Waals surface area contributed by atoms with E-state index in [0.29, 0.717) is 13.0 Å². The van der Waals surface area contributed by atoms with Gasteiger partial charge in [-0.25, -0.2) is 0 Å². The summed E-state index contributed by atoms with van der Waals surface area (Å²) in [5, 5.41) is 11.6. The van der Waals surface area contributed by atoms with Gasteiger partial charge in [0, 0.05) is 11.0 Å². The van der Waals surface area contributed by atoms with Crippen LogP contribution in [0.25, 0.3) is 0 Å². The Kier molecular flexibility index (Phi) is 4.78. The lowest BCUT2D eigenvalue weighted by atomic mass is 10.1. The third-order valence-electron chi connectivity index (χ3n) is 1.85. The SMILES string of the molecule is CC(O)CNC(=O)Cc1cccc(Br)c1. The maximum atomic E-state index is 11.4. The molecule has 0 saturated heterocycles. The lowest BCUT2D eigenvalue weighted by molar-refractivity contribution is -0.120. The monoisotopic (exact) mass is 271 g/mol.